The zero-order chi connectivity index (χ0) is 20.3. The van der Waals surface area contributed by atoms with Crippen LogP contribution in [-0.2, 0) is 21.2 Å². The van der Waals surface area contributed by atoms with Gasteiger partial charge in [-0.15, -0.1) is 10.2 Å². The van der Waals surface area contributed by atoms with Gasteiger partial charge in [0.05, 0.1) is 4.90 Å². The second-order valence-corrected chi connectivity index (χ2v) is 8.19. The van der Waals surface area contributed by atoms with Gasteiger partial charge in [0.2, 0.25) is 15.9 Å². The van der Waals surface area contributed by atoms with Gasteiger partial charge < -0.3 is 10.6 Å². The smallest absolute Gasteiger partial charge is 0.240 e. The summed E-state index contributed by atoms with van der Waals surface area (Å²) in [5.74, 6) is 1.06. The fourth-order valence-corrected chi connectivity index (χ4v) is 4.01. The maximum Gasteiger partial charge on any atom is 0.240 e. The molecule has 3 N–H and O–H groups in total. The van der Waals surface area contributed by atoms with Gasteiger partial charge in [0, 0.05) is 37.6 Å². The third-order valence-corrected chi connectivity index (χ3v) is 5.85. The van der Waals surface area contributed by atoms with Crippen molar-refractivity contribution >= 4 is 27.4 Å². The van der Waals surface area contributed by atoms with Crippen molar-refractivity contribution in [2.45, 2.75) is 17.7 Å². The lowest BCUT2D eigenvalue weighted by atomic mass is 10.0. The molecular weight excluding hydrogens is 394 g/mol. The number of carbonyl (C=O) groups excluding carboxylic acids is 1. The Labute approximate surface area is 167 Å². The van der Waals surface area contributed by atoms with Crippen molar-refractivity contribution in [2.24, 2.45) is 0 Å². The zero-order valence-corrected chi connectivity index (χ0v) is 16.2. The first-order chi connectivity index (χ1) is 14.0. The summed E-state index contributed by atoms with van der Waals surface area (Å²) in [6, 6.07) is 10.0. The van der Waals surface area contributed by atoms with Crippen LogP contribution in [0.4, 0.5) is 11.5 Å². The summed E-state index contributed by atoms with van der Waals surface area (Å²) in [6.45, 7) is 0.523. The van der Waals surface area contributed by atoms with E-state index in [0.29, 0.717) is 36.7 Å². The number of fused-ring (bicyclic) bond motifs is 1. The van der Waals surface area contributed by atoms with Crippen molar-refractivity contribution in [1.82, 2.24) is 24.7 Å². The summed E-state index contributed by atoms with van der Waals surface area (Å²) < 4.78 is 29.2. The highest BCUT2D eigenvalue weighted by molar-refractivity contribution is 7.89. The fourth-order valence-electron chi connectivity index (χ4n) is 2.93. The number of aromatic nitrogens is 4. The minimum absolute atomic E-state index is 0.0574. The molecule has 0 spiro atoms. The summed E-state index contributed by atoms with van der Waals surface area (Å²) in [5.41, 5.74) is 1.48. The first-order valence-corrected chi connectivity index (χ1v) is 10.5. The average Bonchev–Trinajstić information content (AvgIpc) is 3.26. The van der Waals surface area contributed by atoms with E-state index in [1.54, 1.807) is 47.4 Å². The Morgan fingerprint density at radius 3 is 2.76 bits per heavy atom. The minimum atomic E-state index is -3.65. The molecule has 0 atom stereocenters. The van der Waals surface area contributed by atoms with E-state index in [2.05, 4.69) is 30.7 Å². The molecule has 10 nitrogen and oxygen atoms in total. The van der Waals surface area contributed by atoms with Crippen molar-refractivity contribution < 1.29 is 13.2 Å². The summed E-state index contributed by atoms with van der Waals surface area (Å²) >= 11 is 0. The third-order valence-electron chi connectivity index (χ3n) is 4.40. The van der Waals surface area contributed by atoms with Gasteiger partial charge in [0.25, 0.3) is 0 Å². The number of hydrogen-bond donors (Lipinski definition) is 3. The van der Waals surface area contributed by atoms with Crippen molar-refractivity contribution in [3.05, 3.63) is 54.4 Å². The molecule has 11 heteroatoms. The Hall–Kier alpha value is -3.31. The quantitative estimate of drug-likeness (QED) is 0.491. The Balaban J connectivity index is 1.31. The van der Waals surface area contributed by atoms with Gasteiger partial charge in [-0.25, -0.2) is 17.8 Å². The fraction of sp³-hybridized carbons (Fsp3) is 0.222. The number of benzene rings is 1. The second kappa shape index (κ2) is 7.97. The lowest BCUT2D eigenvalue weighted by Crippen LogP contribution is -2.29. The van der Waals surface area contributed by atoms with Crippen molar-refractivity contribution in [2.75, 3.05) is 23.7 Å². The second-order valence-electron chi connectivity index (χ2n) is 6.42. The van der Waals surface area contributed by atoms with Crippen LogP contribution < -0.4 is 15.4 Å². The van der Waals surface area contributed by atoms with E-state index < -0.39 is 10.0 Å². The zero-order valence-electron chi connectivity index (χ0n) is 15.4. The molecule has 0 fully saturated rings. The summed E-state index contributed by atoms with van der Waals surface area (Å²) in [6.07, 6.45) is 4.30. The maximum absolute atomic E-state index is 12.5. The Morgan fingerprint density at radius 1 is 1.10 bits per heavy atom. The number of anilines is 2. The molecule has 29 heavy (non-hydrogen) atoms. The van der Waals surface area contributed by atoms with E-state index in [1.165, 1.54) is 6.07 Å². The van der Waals surface area contributed by atoms with Gasteiger partial charge in [0.1, 0.15) is 5.82 Å². The van der Waals surface area contributed by atoms with E-state index in [0.717, 1.165) is 5.56 Å². The normalized spacial score (nSPS) is 13.6. The van der Waals surface area contributed by atoms with Crippen molar-refractivity contribution in [3.8, 4) is 5.82 Å². The first-order valence-electron chi connectivity index (χ1n) is 9.01. The van der Waals surface area contributed by atoms with Gasteiger partial charge in [0.15, 0.2) is 5.82 Å². The maximum atomic E-state index is 12.5. The standard InChI is InChI=1S/C18H19N7O3S/c26-18-7-2-13-12-14(3-4-15(13)22-18)29(27,28)21-10-9-19-16-5-6-17(24-23-16)25-11-1-8-20-25/h1,3-6,8,11-12,21H,2,7,9-10H2,(H,19,23)(H,22,26). The number of hydrogen-bond acceptors (Lipinski definition) is 7. The van der Waals surface area contributed by atoms with E-state index in [1.807, 2.05) is 0 Å². The van der Waals surface area contributed by atoms with Crippen LogP contribution in [0.25, 0.3) is 5.82 Å². The van der Waals surface area contributed by atoms with E-state index >= 15 is 0 Å². The highest BCUT2D eigenvalue weighted by Crippen LogP contribution is 2.25. The molecule has 0 saturated heterocycles. The molecule has 0 bridgehead atoms. The Morgan fingerprint density at radius 2 is 2.00 bits per heavy atom. The van der Waals surface area contributed by atoms with Crippen LogP contribution in [0.5, 0.6) is 0 Å². The van der Waals surface area contributed by atoms with Gasteiger partial charge >= 0.3 is 0 Å². The van der Waals surface area contributed by atoms with Crippen molar-refractivity contribution in [1.29, 1.82) is 0 Å². The number of rotatable bonds is 7. The number of nitrogens with one attached hydrogen (secondary N) is 3. The number of carbonyl (C=O) groups is 1. The van der Waals surface area contributed by atoms with Crippen LogP contribution in [-0.4, -0.2) is 47.4 Å². The molecule has 1 aromatic carbocycles. The van der Waals surface area contributed by atoms with Crippen molar-refractivity contribution in [3.63, 3.8) is 0 Å². The van der Waals surface area contributed by atoms with Gasteiger partial charge in [-0.1, -0.05) is 0 Å². The number of sulfonamides is 1. The molecule has 0 saturated carbocycles. The minimum Gasteiger partial charge on any atom is -0.367 e. The van der Waals surface area contributed by atoms with Crippen LogP contribution >= 0.6 is 0 Å². The molecule has 2 aromatic heterocycles. The van der Waals surface area contributed by atoms with E-state index in [9.17, 15) is 13.2 Å². The Kier molecular flexibility index (Phi) is 5.23. The largest absolute Gasteiger partial charge is 0.367 e. The van der Waals surface area contributed by atoms with Gasteiger partial charge in [-0.05, 0) is 48.4 Å². The number of amides is 1. The van der Waals surface area contributed by atoms with Crippen LogP contribution in [0.1, 0.15) is 12.0 Å². The lowest BCUT2D eigenvalue weighted by Gasteiger charge is -2.17. The molecule has 3 heterocycles. The molecular formula is C18H19N7O3S. The monoisotopic (exact) mass is 413 g/mol. The van der Waals surface area contributed by atoms with Crippen LogP contribution in [0.2, 0.25) is 0 Å². The van der Waals surface area contributed by atoms with Gasteiger partial charge in [-0.3, -0.25) is 4.79 Å². The highest BCUT2D eigenvalue weighted by Gasteiger charge is 2.19. The molecule has 1 amide bonds. The third kappa shape index (κ3) is 4.41. The average molecular weight is 413 g/mol. The molecule has 3 aromatic rings. The van der Waals surface area contributed by atoms with E-state index in [4.69, 9.17) is 0 Å². The molecule has 1 aliphatic heterocycles. The molecule has 0 aliphatic carbocycles. The van der Waals surface area contributed by atoms with Crippen LogP contribution in [0, 0.1) is 0 Å². The highest BCUT2D eigenvalue weighted by atomic mass is 32.2. The predicted molar refractivity (Wildman–Crippen MR) is 106 cm³/mol. The SMILES string of the molecule is O=C1CCc2cc(S(=O)(=O)NCCNc3ccc(-n4cccn4)nn3)ccc2N1. The molecule has 150 valence electrons. The van der Waals surface area contributed by atoms with E-state index in [-0.39, 0.29) is 17.3 Å². The molecule has 4 rings (SSSR count). The summed E-state index contributed by atoms with van der Waals surface area (Å²) in [4.78, 5) is 11.6. The lowest BCUT2D eigenvalue weighted by molar-refractivity contribution is -0.116. The van der Waals surface area contributed by atoms with Gasteiger partial charge in [-0.2, -0.15) is 5.10 Å². The number of nitrogens with zero attached hydrogens (tertiary/aromatic N) is 4. The summed E-state index contributed by atoms with van der Waals surface area (Å²) in [5, 5.41) is 17.9. The number of aryl methyl sites for hydroxylation is 1. The van der Waals surface area contributed by atoms with Crippen LogP contribution in [0.3, 0.4) is 0 Å². The van der Waals surface area contributed by atoms with Crippen LogP contribution in [0.15, 0.2) is 53.7 Å². The summed E-state index contributed by atoms with van der Waals surface area (Å²) in [7, 11) is -3.65. The molecule has 1 aliphatic rings. The molecule has 0 unspecified atom stereocenters. The molecule has 0 radical (unpaired) electrons. The first kappa shape index (κ1) is 19.0. The predicted octanol–water partition coefficient (Wildman–Crippen LogP) is 0.937. The Bertz CT molecular complexity index is 1110. The topological polar surface area (TPSA) is 131 Å².